The summed E-state index contributed by atoms with van der Waals surface area (Å²) in [7, 11) is 0. The summed E-state index contributed by atoms with van der Waals surface area (Å²) in [6, 6.07) is 16.0. The molecule has 2 N–H and O–H groups in total. The number of aliphatic carboxylic acids is 1. The van der Waals surface area contributed by atoms with Crippen molar-refractivity contribution in [3.63, 3.8) is 0 Å². The summed E-state index contributed by atoms with van der Waals surface area (Å²) >= 11 is 1.38. The minimum atomic E-state index is -0.916. The van der Waals surface area contributed by atoms with E-state index in [0.717, 1.165) is 46.5 Å². The number of tetrazole rings is 1. The molecule has 5 rings (SSSR count). The van der Waals surface area contributed by atoms with E-state index in [0.29, 0.717) is 30.0 Å². The summed E-state index contributed by atoms with van der Waals surface area (Å²) in [5, 5.41) is 29.3. The zero-order valence-electron chi connectivity index (χ0n) is 20.4. The van der Waals surface area contributed by atoms with E-state index in [1.54, 1.807) is 4.68 Å². The molecule has 2 aromatic carbocycles. The van der Waals surface area contributed by atoms with Crippen LogP contribution in [0.4, 0.5) is 0 Å². The first-order chi connectivity index (χ1) is 18.0. The lowest BCUT2D eigenvalue weighted by Gasteiger charge is -2.25. The van der Waals surface area contributed by atoms with E-state index in [2.05, 4.69) is 30.7 Å². The van der Waals surface area contributed by atoms with E-state index >= 15 is 0 Å². The van der Waals surface area contributed by atoms with Crippen molar-refractivity contribution in [1.29, 1.82) is 0 Å². The van der Waals surface area contributed by atoms with E-state index in [1.807, 2.05) is 55.5 Å². The Morgan fingerprint density at radius 1 is 1.08 bits per heavy atom. The molecule has 0 aliphatic heterocycles. The van der Waals surface area contributed by atoms with Gasteiger partial charge < -0.3 is 5.11 Å². The quantitative estimate of drug-likeness (QED) is 0.381. The molecule has 10 nitrogen and oxygen atoms in total. The van der Waals surface area contributed by atoms with Gasteiger partial charge in [0.2, 0.25) is 4.80 Å². The van der Waals surface area contributed by atoms with Gasteiger partial charge in [-0.05, 0) is 46.4 Å². The Bertz CT molecular complexity index is 1460. The number of benzene rings is 2. The van der Waals surface area contributed by atoms with Crippen molar-refractivity contribution in [2.45, 2.75) is 45.6 Å². The van der Waals surface area contributed by atoms with Crippen molar-refractivity contribution in [3.8, 4) is 22.5 Å². The number of carboxylic acids is 1. The summed E-state index contributed by atoms with van der Waals surface area (Å²) < 4.78 is 1.74. The van der Waals surface area contributed by atoms with E-state index in [1.165, 1.54) is 11.3 Å². The van der Waals surface area contributed by atoms with Gasteiger partial charge in [-0.15, -0.1) is 5.10 Å². The van der Waals surface area contributed by atoms with Crippen LogP contribution in [-0.2, 0) is 22.6 Å². The lowest BCUT2D eigenvalue weighted by Crippen LogP contribution is -2.33. The van der Waals surface area contributed by atoms with Gasteiger partial charge in [-0.25, -0.2) is 9.78 Å². The first kappa shape index (κ1) is 24.7. The fourth-order valence-corrected chi connectivity index (χ4v) is 5.60. The molecule has 0 spiro atoms. The first-order valence-corrected chi connectivity index (χ1v) is 13.2. The number of hydrogen-bond donors (Lipinski definition) is 2. The molecule has 1 fully saturated rings. The van der Waals surface area contributed by atoms with Crippen LogP contribution in [0.2, 0.25) is 0 Å². The summed E-state index contributed by atoms with van der Waals surface area (Å²) in [6.45, 7) is 2.45. The number of aromatic amines is 1. The maximum atomic E-state index is 13.0. The highest BCUT2D eigenvalue weighted by Gasteiger charge is 2.35. The topological polar surface area (TPSA) is 139 Å². The number of rotatable bonds is 7. The van der Waals surface area contributed by atoms with Crippen molar-refractivity contribution in [1.82, 2.24) is 30.4 Å². The van der Waals surface area contributed by atoms with Crippen LogP contribution in [0.25, 0.3) is 22.5 Å². The lowest BCUT2D eigenvalue weighted by molar-refractivity contribution is -0.148. The predicted molar refractivity (Wildman–Crippen MR) is 137 cm³/mol. The van der Waals surface area contributed by atoms with Crippen molar-refractivity contribution < 1.29 is 14.7 Å². The van der Waals surface area contributed by atoms with Crippen molar-refractivity contribution in [2.75, 3.05) is 0 Å². The van der Waals surface area contributed by atoms with Gasteiger partial charge in [0.05, 0.1) is 18.4 Å². The Balaban J connectivity index is 1.40. The molecule has 2 atom stereocenters. The smallest absolute Gasteiger partial charge is 0.307 e. The van der Waals surface area contributed by atoms with Gasteiger partial charge in [-0.2, -0.15) is 10.1 Å². The average Bonchev–Trinajstić information content (AvgIpc) is 3.60. The Hall–Kier alpha value is -3.99. The lowest BCUT2D eigenvalue weighted by atomic mass is 9.79. The zero-order valence-corrected chi connectivity index (χ0v) is 21.2. The number of carbonyl (C=O) groups is 2. The molecule has 4 aromatic rings. The molecule has 37 heavy (non-hydrogen) atoms. The molecule has 11 heteroatoms. The van der Waals surface area contributed by atoms with Gasteiger partial charge in [0.25, 0.3) is 5.91 Å². The van der Waals surface area contributed by atoms with Gasteiger partial charge >= 0.3 is 5.97 Å². The minimum Gasteiger partial charge on any atom is -0.481 e. The van der Waals surface area contributed by atoms with Gasteiger partial charge in [0.1, 0.15) is 5.01 Å². The maximum Gasteiger partial charge on any atom is 0.307 e. The summed E-state index contributed by atoms with van der Waals surface area (Å²) in [5.41, 5.74) is 3.93. The van der Waals surface area contributed by atoms with E-state index in [-0.39, 0.29) is 5.91 Å². The minimum absolute atomic E-state index is 0.360. The van der Waals surface area contributed by atoms with E-state index in [9.17, 15) is 14.7 Å². The Labute approximate surface area is 217 Å². The SMILES string of the molecule is CCc1nn(Cc2ccc(-c3ccccc3-c3nnn[nH]3)cc2)c(=NC(=O)[C@H]2CCCC[C@H]2C(=O)O)s1. The fourth-order valence-electron chi connectivity index (χ4n) is 4.76. The number of H-pyrrole nitrogens is 1. The molecular weight excluding hydrogens is 490 g/mol. The molecule has 1 aliphatic rings. The molecule has 0 radical (unpaired) electrons. The molecule has 190 valence electrons. The number of aryl methyl sites for hydroxylation is 1. The zero-order chi connectivity index (χ0) is 25.8. The third kappa shape index (κ3) is 5.41. The Morgan fingerprint density at radius 3 is 2.49 bits per heavy atom. The van der Waals surface area contributed by atoms with Crippen LogP contribution in [0.5, 0.6) is 0 Å². The first-order valence-electron chi connectivity index (χ1n) is 12.3. The van der Waals surface area contributed by atoms with Crippen LogP contribution < -0.4 is 4.80 Å². The second-order valence-corrected chi connectivity index (χ2v) is 10.1. The van der Waals surface area contributed by atoms with Gasteiger partial charge in [-0.1, -0.05) is 79.6 Å². The molecule has 1 amide bonds. The number of carbonyl (C=O) groups excluding carboxylic acids is 1. The summed E-state index contributed by atoms with van der Waals surface area (Å²) in [4.78, 5) is 29.6. The number of nitrogens with zero attached hydrogens (tertiary/aromatic N) is 6. The molecule has 0 unspecified atom stereocenters. The highest BCUT2D eigenvalue weighted by atomic mass is 32.1. The highest BCUT2D eigenvalue weighted by Crippen LogP contribution is 2.31. The van der Waals surface area contributed by atoms with Crippen LogP contribution in [0, 0.1) is 11.8 Å². The highest BCUT2D eigenvalue weighted by molar-refractivity contribution is 7.08. The monoisotopic (exact) mass is 517 g/mol. The molecule has 1 saturated carbocycles. The van der Waals surface area contributed by atoms with Crippen molar-refractivity contribution in [3.05, 3.63) is 63.9 Å². The van der Waals surface area contributed by atoms with Crippen LogP contribution in [0.3, 0.4) is 0 Å². The third-order valence-electron chi connectivity index (χ3n) is 6.70. The molecular formula is C26H27N7O3S. The standard InChI is InChI=1S/C26H27N7O3S/c1-2-22-30-33(26(37-22)27-24(34)20-9-5-6-10-21(20)25(35)36)15-16-11-13-17(14-12-16)18-7-3-4-8-19(18)23-28-31-32-29-23/h3-4,7-8,11-14,20-21H,2,5-6,9-10,15H2,1H3,(H,35,36)(H,28,29,31,32)/t20-,21+/m0/s1. The fraction of sp³-hybridized carbons (Fsp3) is 0.346. The van der Waals surface area contributed by atoms with E-state index < -0.39 is 17.8 Å². The number of aromatic nitrogens is 6. The number of amides is 1. The summed E-state index contributed by atoms with van der Waals surface area (Å²) in [6.07, 6.45) is 3.48. The van der Waals surface area contributed by atoms with Crippen molar-refractivity contribution in [2.24, 2.45) is 16.8 Å². The molecule has 2 aromatic heterocycles. The maximum absolute atomic E-state index is 13.0. The second kappa shape index (κ2) is 11.0. The van der Waals surface area contributed by atoms with Crippen molar-refractivity contribution >= 4 is 23.2 Å². The Morgan fingerprint density at radius 2 is 1.81 bits per heavy atom. The van der Waals surface area contributed by atoms with Crippen LogP contribution in [0.1, 0.15) is 43.2 Å². The van der Waals surface area contributed by atoms with Crippen LogP contribution >= 0.6 is 11.3 Å². The average molecular weight is 518 g/mol. The summed E-state index contributed by atoms with van der Waals surface area (Å²) in [5.74, 6) is -1.92. The Kier molecular flexibility index (Phi) is 7.31. The van der Waals surface area contributed by atoms with E-state index in [4.69, 9.17) is 0 Å². The largest absolute Gasteiger partial charge is 0.481 e. The van der Waals surface area contributed by atoms with Crippen LogP contribution in [0.15, 0.2) is 53.5 Å². The molecule has 1 aliphatic carbocycles. The van der Waals surface area contributed by atoms with Gasteiger partial charge in [0, 0.05) is 5.56 Å². The molecule has 0 saturated heterocycles. The normalized spacial score (nSPS) is 18.1. The molecule has 2 heterocycles. The predicted octanol–water partition coefficient (Wildman–Crippen LogP) is 3.72. The third-order valence-corrected chi connectivity index (χ3v) is 7.79. The molecule has 0 bridgehead atoms. The number of hydrogen-bond acceptors (Lipinski definition) is 7. The number of nitrogens with one attached hydrogen (secondary N) is 1. The van der Waals surface area contributed by atoms with Crippen LogP contribution in [-0.4, -0.2) is 47.4 Å². The number of carboxylic acid groups (broad SMARTS) is 1. The van der Waals surface area contributed by atoms with Gasteiger partial charge in [0.15, 0.2) is 5.82 Å². The van der Waals surface area contributed by atoms with Gasteiger partial charge in [-0.3, -0.25) is 9.59 Å². The second-order valence-electron chi connectivity index (χ2n) is 9.07.